The number of carbonyl (C=O) groups excluding carboxylic acids is 2. The van der Waals surface area contributed by atoms with Crippen LogP contribution < -0.4 is 10.6 Å². The quantitative estimate of drug-likeness (QED) is 0.213. The second kappa shape index (κ2) is 15.7. The lowest BCUT2D eigenvalue weighted by atomic mass is 10.0. The fourth-order valence-electron chi connectivity index (χ4n) is 4.93. The Kier molecular flexibility index (Phi) is 11.5. The smallest absolute Gasteiger partial charge is 0.230 e. The maximum Gasteiger partial charge on any atom is 0.230 e. The minimum absolute atomic E-state index is 0.0250. The van der Waals surface area contributed by atoms with E-state index < -0.39 is 0 Å². The summed E-state index contributed by atoms with van der Waals surface area (Å²) >= 11 is 15.1. The van der Waals surface area contributed by atoms with Crippen molar-refractivity contribution in [3.63, 3.8) is 0 Å². The summed E-state index contributed by atoms with van der Waals surface area (Å²) in [4.78, 5) is 36.5. The number of nitrogens with one attached hydrogen (secondary N) is 2. The highest BCUT2D eigenvalue weighted by Gasteiger charge is 2.21. The molecular formula is C32H33Cl2N5O2S2. The second-order valence-corrected chi connectivity index (χ2v) is 13.3. The molecule has 2 aromatic carbocycles. The monoisotopic (exact) mass is 653 g/mol. The van der Waals surface area contributed by atoms with Gasteiger partial charge in [-0.25, -0.2) is 4.98 Å². The van der Waals surface area contributed by atoms with Gasteiger partial charge in [-0.1, -0.05) is 65.3 Å². The summed E-state index contributed by atoms with van der Waals surface area (Å²) in [5.74, 6) is 0.316. The van der Waals surface area contributed by atoms with E-state index in [1.54, 1.807) is 6.21 Å². The van der Waals surface area contributed by atoms with Crippen LogP contribution in [-0.4, -0.2) is 59.3 Å². The van der Waals surface area contributed by atoms with Gasteiger partial charge in [-0.2, -0.15) is 0 Å². The highest BCUT2D eigenvalue weighted by atomic mass is 35.5. The molecule has 2 amide bonds. The van der Waals surface area contributed by atoms with Gasteiger partial charge in [-0.15, -0.1) is 11.3 Å². The zero-order valence-corrected chi connectivity index (χ0v) is 26.7. The lowest BCUT2D eigenvalue weighted by molar-refractivity contribution is -0.119. The largest absolute Gasteiger partial charge is 0.353 e. The first-order valence-electron chi connectivity index (χ1n) is 14.2. The van der Waals surface area contributed by atoms with Crippen LogP contribution in [0.2, 0.25) is 10.0 Å². The molecule has 43 heavy (non-hydrogen) atoms. The van der Waals surface area contributed by atoms with Crippen molar-refractivity contribution in [3.8, 4) is 11.3 Å². The van der Waals surface area contributed by atoms with Gasteiger partial charge in [0.25, 0.3) is 0 Å². The zero-order valence-electron chi connectivity index (χ0n) is 23.6. The minimum Gasteiger partial charge on any atom is -0.353 e. The van der Waals surface area contributed by atoms with E-state index >= 15 is 0 Å². The molecule has 2 N–H and O–H groups in total. The third-order valence-electron chi connectivity index (χ3n) is 7.20. The fraction of sp³-hybridized carbons (Fsp3) is 0.312. The number of piperidine rings is 1. The van der Waals surface area contributed by atoms with E-state index in [9.17, 15) is 9.59 Å². The number of amides is 2. The Morgan fingerprint density at radius 3 is 2.77 bits per heavy atom. The molecule has 0 bridgehead atoms. The van der Waals surface area contributed by atoms with Crippen molar-refractivity contribution in [2.75, 3.05) is 30.7 Å². The van der Waals surface area contributed by atoms with Crippen molar-refractivity contribution >= 4 is 70.0 Å². The standard InChI is InChI=1S/C32H33Cl2N5O2S2/c33-27-8-6-23(17-28(27)34)19-39-15-11-25(12-16-39)36-31(41)21-43-32-38-29(20-42-32)24-4-1-5-26(18-24)37-30(40)9-7-22-3-2-13-35-14-10-22/h1-6,8,10,13,17-18,20,25H,7,9,11-12,14-16,19,21H2,(H,36,41)(H,37,40). The molecule has 3 heterocycles. The van der Waals surface area contributed by atoms with Crippen LogP contribution in [0.3, 0.4) is 0 Å². The lowest BCUT2D eigenvalue weighted by Gasteiger charge is -2.32. The SMILES string of the molecule is O=C(CCC1=CCN=CC=C1)Nc1cccc(-c2csc(SCC(=O)NC3CCN(Cc4ccc(Cl)c(Cl)c4)CC3)n2)c1. The van der Waals surface area contributed by atoms with Crippen LogP contribution in [-0.2, 0) is 16.1 Å². The lowest BCUT2D eigenvalue weighted by Crippen LogP contribution is -2.44. The van der Waals surface area contributed by atoms with E-state index in [1.165, 1.54) is 23.1 Å². The molecule has 0 aliphatic carbocycles. The minimum atomic E-state index is -0.0331. The van der Waals surface area contributed by atoms with Crippen molar-refractivity contribution in [2.24, 2.45) is 4.99 Å². The number of thioether (sulfide) groups is 1. The van der Waals surface area contributed by atoms with Crippen LogP contribution in [0.4, 0.5) is 5.69 Å². The van der Waals surface area contributed by atoms with Gasteiger partial charge in [0.1, 0.15) is 0 Å². The molecule has 2 aliphatic rings. The number of halogens is 2. The molecule has 0 unspecified atom stereocenters. The highest BCUT2D eigenvalue weighted by Crippen LogP contribution is 2.30. The Balaban J connectivity index is 1.04. The van der Waals surface area contributed by atoms with E-state index in [0.29, 0.717) is 35.2 Å². The third kappa shape index (κ3) is 9.78. The number of hydrogen-bond acceptors (Lipinski definition) is 7. The van der Waals surface area contributed by atoms with Crippen LogP contribution in [0.25, 0.3) is 11.3 Å². The van der Waals surface area contributed by atoms with E-state index in [-0.39, 0.29) is 17.9 Å². The molecule has 0 atom stereocenters. The Bertz CT molecular complexity index is 1530. The van der Waals surface area contributed by atoms with Gasteiger partial charge >= 0.3 is 0 Å². The number of carbonyl (C=O) groups is 2. The van der Waals surface area contributed by atoms with Gasteiger partial charge in [0.05, 0.1) is 28.0 Å². The first kappa shape index (κ1) is 31.5. The molecule has 224 valence electrons. The van der Waals surface area contributed by atoms with Crippen LogP contribution in [0, 0.1) is 0 Å². The van der Waals surface area contributed by atoms with Crippen molar-refractivity contribution in [2.45, 2.75) is 42.6 Å². The van der Waals surface area contributed by atoms with Gasteiger partial charge in [-0.3, -0.25) is 19.5 Å². The number of aromatic nitrogens is 1. The first-order chi connectivity index (χ1) is 20.9. The summed E-state index contributed by atoms with van der Waals surface area (Å²) in [6, 6.07) is 13.6. The zero-order chi connectivity index (χ0) is 30.0. The van der Waals surface area contributed by atoms with E-state index in [2.05, 4.69) is 20.5 Å². The molecule has 1 fully saturated rings. The van der Waals surface area contributed by atoms with Crippen LogP contribution in [0.15, 0.2) is 81.0 Å². The third-order valence-corrected chi connectivity index (χ3v) is 9.96. The Labute approximate surface area is 270 Å². The molecule has 0 saturated carbocycles. The Morgan fingerprint density at radius 1 is 1.07 bits per heavy atom. The van der Waals surface area contributed by atoms with E-state index in [4.69, 9.17) is 28.2 Å². The number of allylic oxidation sites excluding steroid dienone is 3. The Morgan fingerprint density at radius 2 is 1.93 bits per heavy atom. The van der Waals surface area contributed by atoms with Crippen LogP contribution >= 0.6 is 46.3 Å². The number of aliphatic imine (C=N–C) groups is 1. The molecule has 5 rings (SSSR count). The number of benzene rings is 2. The highest BCUT2D eigenvalue weighted by molar-refractivity contribution is 8.01. The number of nitrogens with zero attached hydrogens (tertiary/aromatic N) is 3. The average molecular weight is 655 g/mol. The summed E-state index contributed by atoms with van der Waals surface area (Å²) < 4.78 is 0.838. The second-order valence-electron chi connectivity index (χ2n) is 10.4. The predicted octanol–water partition coefficient (Wildman–Crippen LogP) is 7.28. The Hall–Kier alpha value is -2.95. The maximum atomic E-state index is 12.7. The van der Waals surface area contributed by atoms with Crippen LogP contribution in [0.1, 0.15) is 31.2 Å². The molecule has 1 saturated heterocycles. The number of thiazole rings is 1. The van der Waals surface area contributed by atoms with Gasteiger partial charge < -0.3 is 10.6 Å². The average Bonchev–Trinajstić information content (AvgIpc) is 3.33. The number of hydrogen-bond donors (Lipinski definition) is 2. The summed E-state index contributed by atoms with van der Waals surface area (Å²) in [6.07, 6.45) is 10.6. The van der Waals surface area contributed by atoms with Gasteiger partial charge in [-0.05, 0) is 60.7 Å². The fourth-order valence-corrected chi connectivity index (χ4v) is 6.90. The first-order valence-corrected chi connectivity index (χ1v) is 16.8. The van der Waals surface area contributed by atoms with Gasteiger partial charge in [0, 0.05) is 54.9 Å². The molecule has 11 heteroatoms. The summed E-state index contributed by atoms with van der Waals surface area (Å²) in [6.45, 7) is 3.30. The van der Waals surface area contributed by atoms with Crippen molar-refractivity contribution < 1.29 is 9.59 Å². The number of likely N-dealkylation sites (tertiary alicyclic amines) is 1. The predicted molar refractivity (Wildman–Crippen MR) is 180 cm³/mol. The molecule has 1 aromatic heterocycles. The molecular weight excluding hydrogens is 621 g/mol. The summed E-state index contributed by atoms with van der Waals surface area (Å²) in [5.41, 5.74) is 4.74. The van der Waals surface area contributed by atoms with Crippen molar-refractivity contribution in [1.82, 2.24) is 15.2 Å². The van der Waals surface area contributed by atoms with Gasteiger partial charge in [0.2, 0.25) is 11.8 Å². The summed E-state index contributed by atoms with van der Waals surface area (Å²) in [5, 5.41) is 9.31. The maximum absolute atomic E-state index is 12.7. The van der Waals surface area contributed by atoms with E-state index in [1.807, 2.05) is 66.1 Å². The summed E-state index contributed by atoms with van der Waals surface area (Å²) in [7, 11) is 0. The topological polar surface area (TPSA) is 86.7 Å². The molecule has 0 spiro atoms. The molecule has 7 nitrogen and oxygen atoms in total. The van der Waals surface area contributed by atoms with Crippen molar-refractivity contribution in [1.29, 1.82) is 0 Å². The molecule has 2 aliphatic heterocycles. The van der Waals surface area contributed by atoms with Crippen molar-refractivity contribution in [3.05, 3.63) is 87.3 Å². The molecule has 3 aromatic rings. The number of rotatable bonds is 11. The number of anilines is 1. The van der Waals surface area contributed by atoms with Crippen LogP contribution in [0.5, 0.6) is 0 Å². The van der Waals surface area contributed by atoms with Gasteiger partial charge in [0.15, 0.2) is 4.34 Å². The molecule has 0 radical (unpaired) electrons. The van der Waals surface area contributed by atoms with E-state index in [0.717, 1.165) is 64.9 Å². The normalized spacial score (nSPS) is 15.6.